The van der Waals surface area contributed by atoms with Gasteiger partial charge in [0.1, 0.15) is 0 Å². The van der Waals surface area contributed by atoms with Crippen LogP contribution in [0.25, 0.3) is 0 Å². The molecule has 0 aromatic heterocycles. The highest BCUT2D eigenvalue weighted by atomic mass is 35.5. The zero-order valence-corrected chi connectivity index (χ0v) is 13.0. The van der Waals surface area contributed by atoms with Crippen molar-refractivity contribution in [2.24, 2.45) is 5.92 Å². The van der Waals surface area contributed by atoms with E-state index in [0.717, 1.165) is 37.5 Å². The monoisotopic (exact) mass is 294 g/mol. The molecule has 1 aromatic carbocycles. The van der Waals surface area contributed by atoms with E-state index in [9.17, 15) is 4.79 Å². The molecule has 1 aliphatic heterocycles. The van der Waals surface area contributed by atoms with Crippen LogP contribution in [0.15, 0.2) is 24.3 Å². The average Bonchev–Trinajstić information content (AvgIpc) is 2.42. The summed E-state index contributed by atoms with van der Waals surface area (Å²) in [7, 11) is 0. The molecule has 4 heteroatoms. The lowest BCUT2D eigenvalue weighted by molar-refractivity contribution is -0.125. The van der Waals surface area contributed by atoms with Crippen LogP contribution in [0.1, 0.15) is 32.3 Å². The molecule has 0 spiro atoms. The predicted octanol–water partition coefficient (Wildman–Crippen LogP) is 3.08. The number of piperidine rings is 1. The fourth-order valence-corrected chi connectivity index (χ4v) is 2.66. The molecular formula is C16H23ClN2O. The maximum absolute atomic E-state index is 11.8. The molecular weight excluding hydrogens is 272 g/mol. The topological polar surface area (TPSA) is 32.3 Å². The molecule has 0 saturated carbocycles. The molecule has 1 fully saturated rings. The van der Waals surface area contributed by atoms with E-state index in [0.29, 0.717) is 0 Å². The Morgan fingerprint density at radius 2 is 2.10 bits per heavy atom. The summed E-state index contributed by atoms with van der Waals surface area (Å²) in [6.07, 6.45) is 2.21. The second-order valence-corrected chi connectivity index (χ2v) is 6.30. The van der Waals surface area contributed by atoms with Gasteiger partial charge in [-0.2, -0.15) is 0 Å². The summed E-state index contributed by atoms with van der Waals surface area (Å²) in [4.78, 5) is 14.2. The molecule has 1 N–H and O–H groups in total. The maximum Gasteiger partial charge on any atom is 0.222 e. The number of rotatable bonds is 4. The van der Waals surface area contributed by atoms with Crippen LogP contribution in [0.4, 0.5) is 0 Å². The standard InChI is InChI=1S/C16H23ClN2O/c1-12(2)16(20)18-15-4-3-9-19(11-15)10-13-5-7-14(17)8-6-13/h5-8,12,15H,3-4,9-11H2,1-2H3,(H,18,20). The van der Waals surface area contributed by atoms with Crippen LogP contribution in [-0.4, -0.2) is 29.9 Å². The zero-order valence-electron chi connectivity index (χ0n) is 12.2. The minimum absolute atomic E-state index is 0.0571. The number of hydrogen-bond donors (Lipinski definition) is 1. The van der Waals surface area contributed by atoms with E-state index in [1.807, 2.05) is 26.0 Å². The van der Waals surface area contributed by atoms with Crippen LogP contribution < -0.4 is 5.32 Å². The van der Waals surface area contributed by atoms with Crippen molar-refractivity contribution in [3.05, 3.63) is 34.9 Å². The van der Waals surface area contributed by atoms with Crippen LogP contribution in [0.5, 0.6) is 0 Å². The third-order valence-electron chi connectivity index (χ3n) is 3.70. The summed E-state index contributed by atoms with van der Waals surface area (Å²) in [6, 6.07) is 8.28. The molecule has 1 aromatic rings. The van der Waals surface area contributed by atoms with Crippen molar-refractivity contribution in [2.75, 3.05) is 13.1 Å². The lowest BCUT2D eigenvalue weighted by Crippen LogP contribution is -2.48. The van der Waals surface area contributed by atoms with Crippen molar-refractivity contribution in [3.8, 4) is 0 Å². The van der Waals surface area contributed by atoms with Gasteiger partial charge in [0, 0.05) is 30.1 Å². The quantitative estimate of drug-likeness (QED) is 0.925. The summed E-state index contributed by atoms with van der Waals surface area (Å²) < 4.78 is 0. The third-order valence-corrected chi connectivity index (χ3v) is 3.95. The number of hydrogen-bond acceptors (Lipinski definition) is 2. The maximum atomic E-state index is 11.8. The van der Waals surface area contributed by atoms with E-state index >= 15 is 0 Å². The molecule has 1 unspecified atom stereocenters. The Balaban J connectivity index is 1.87. The fourth-order valence-electron chi connectivity index (χ4n) is 2.53. The molecule has 110 valence electrons. The van der Waals surface area contributed by atoms with Gasteiger partial charge in [-0.3, -0.25) is 9.69 Å². The van der Waals surface area contributed by atoms with Gasteiger partial charge in [0.05, 0.1) is 0 Å². The van der Waals surface area contributed by atoms with Crippen LogP contribution >= 0.6 is 11.6 Å². The minimum atomic E-state index is 0.0571. The van der Waals surface area contributed by atoms with E-state index in [1.165, 1.54) is 5.56 Å². The number of nitrogens with one attached hydrogen (secondary N) is 1. The normalized spacial score (nSPS) is 20.1. The Kier molecular flexibility index (Phi) is 5.44. The number of carbonyl (C=O) groups is 1. The molecule has 1 amide bonds. The zero-order chi connectivity index (χ0) is 14.5. The first kappa shape index (κ1) is 15.3. The largest absolute Gasteiger partial charge is 0.352 e. The van der Waals surface area contributed by atoms with E-state index in [4.69, 9.17) is 11.6 Å². The van der Waals surface area contributed by atoms with Gasteiger partial charge in [0.25, 0.3) is 0 Å². The predicted molar refractivity (Wildman–Crippen MR) is 82.7 cm³/mol. The summed E-state index contributed by atoms with van der Waals surface area (Å²) in [5, 5.41) is 3.91. The van der Waals surface area contributed by atoms with E-state index in [-0.39, 0.29) is 17.9 Å². The first-order valence-electron chi connectivity index (χ1n) is 7.32. The molecule has 1 aliphatic rings. The average molecular weight is 295 g/mol. The van der Waals surface area contributed by atoms with Gasteiger partial charge in [-0.1, -0.05) is 37.6 Å². The molecule has 1 atom stereocenters. The molecule has 0 bridgehead atoms. The lowest BCUT2D eigenvalue weighted by atomic mass is 10.0. The van der Waals surface area contributed by atoms with Crippen molar-refractivity contribution in [3.63, 3.8) is 0 Å². The van der Waals surface area contributed by atoms with E-state index in [2.05, 4.69) is 22.3 Å². The van der Waals surface area contributed by atoms with E-state index in [1.54, 1.807) is 0 Å². The van der Waals surface area contributed by atoms with Gasteiger partial charge >= 0.3 is 0 Å². The van der Waals surface area contributed by atoms with Gasteiger partial charge in [-0.15, -0.1) is 0 Å². The van der Waals surface area contributed by atoms with Crippen molar-refractivity contribution >= 4 is 17.5 Å². The first-order valence-corrected chi connectivity index (χ1v) is 7.69. The Bertz CT molecular complexity index is 444. The van der Waals surface area contributed by atoms with Gasteiger partial charge in [0.15, 0.2) is 0 Å². The summed E-state index contributed by atoms with van der Waals surface area (Å²) in [5.41, 5.74) is 1.27. The molecule has 1 heterocycles. The number of halogens is 1. The van der Waals surface area contributed by atoms with Gasteiger partial charge < -0.3 is 5.32 Å². The highest BCUT2D eigenvalue weighted by molar-refractivity contribution is 6.30. The summed E-state index contributed by atoms with van der Waals surface area (Å²) >= 11 is 5.90. The highest BCUT2D eigenvalue weighted by Crippen LogP contribution is 2.16. The summed E-state index contributed by atoms with van der Waals surface area (Å²) in [6.45, 7) is 6.82. The van der Waals surface area contributed by atoms with Gasteiger partial charge in [0.2, 0.25) is 5.91 Å². The van der Waals surface area contributed by atoms with Crippen LogP contribution in [0, 0.1) is 5.92 Å². The highest BCUT2D eigenvalue weighted by Gasteiger charge is 2.22. The van der Waals surface area contributed by atoms with E-state index < -0.39 is 0 Å². The van der Waals surface area contributed by atoms with Crippen molar-refractivity contribution in [2.45, 2.75) is 39.3 Å². The van der Waals surface area contributed by atoms with Gasteiger partial charge in [-0.25, -0.2) is 0 Å². The van der Waals surface area contributed by atoms with Gasteiger partial charge in [-0.05, 0) is 37.1 Å². The number of amides is 1. The molecule has 3 nitrogen and oxygen atoms in total. The Labute approximate surface area is 126 Å². The Hall–Kier alpha value is -1.06. The number of carbonyl (C=O) groups excluding carboxylic acids is 1. The van der Waals surface area contributed by atoms with Crippen LogP contribution in [0.2, 0.25) is 5.02 Å². The van der Waals surface area contributed by atoms with Crippen molar-refractivity contribution in [1.29, 1.82) is 0 Å². The minimum Gasteiger partial charge on any atom is -0.352 e. The first-order chi connectivity index (χ1) is 9.54. The second-order valence-electron chi connectivity index (χ2n) is 5.86. The SMILES string of the molecule is CC(C)C(=O)NC1CCCN(Cc2ccc(Cl)cc2)C1. The van der Waals surface area contributed by atoms with Crippen LogP contribution in [-0.2, 0) is 11.3 Å². The lowest BCUT2D eigenvalue weighted by Gasteiger charge is -2.33. The third kappa shape index (κ3) is 4.50. The number of benzene rings is 1. The molecule has 1 saturated heterocycles. The number of likely N-dealkylation sites (tertiary alicyclic amines) is 1. The van der Waals surface area contributed by atoms with Crippen molar-refractivity contribution in [1.82, 2.24) is 10.2 Å². The Morgan fingerprint density at radius 3 is 2.75 bits per heavy atom. The molecule has 0 radical (unpaired) electrons. The molecule has 2 rings (SSSR count). The number of nitrogens with zero attached hydrogens (tertiary/aromatic N) is 1. The fraction of sp³-hybridized carbons (Fsp3) is 0.562. The van der Waals surface area contributed by atoms with Crippen LogP contribution in [0.3, 0.4) is 0 Å². The smallest absolute Gasteiger partial charge is 0.222 e. The Morgan fingerprint density at radius 1 is 1.40 bits per heavy atom. The van der Waals surface area contributed by atoms with Crippen molar-refractivity contribution < 1.29 is 4.79 Å². The molecule has 0 aliphatic carbocycles. The second kappa shape index (κ2) is 7.09. The molecule has 20 heavy (non-hydrogen) atoms. The summed E-state index contributed by atoms with van der Waals surface area (Å²) in [5.74, 6) is 0.213.